The summed E-state index contributed by atoms with van der Waals surface area (Å²) in [7, 11) is 0. The van der Waals surface area contributed by atoms with Crippen molar-refractivity contribution in [3.63, 3.8) is 0 Å². The fraction of sp³-hybridized carbons (Fsp3) is 0.481. The average Bonchev–Trinajstić information content (AvgIpc) is 3.31. The number of nitrogens with one attached hydrogen (secondary N) is 2. The monoisotopic (exact) mass is 450 g/mol. The molecule has 1 saturated carbocycles. The highest BCUT2D eigenvalue weighted by Crippen LogP contribution is 2.43. The van der Waals surface area contributed by atoms with Crippen LogP contribution in [0.25, 0.3) is 0 Å². The third kappa shape index (κ3) is 5.00. The Morgan fingerprint density at radius 1 is 1.00 bits per heavy atom. The maximum Gasteiger partial charge on any atom is 0.252 e. The van der Waals surface area contributed by atoms with Gasteiger partial charge < -0.3 is 20.1 Å². The van der Waals surface area contributed by atoms with Crippen molar-refractivity contribution in [1.82, 2.24) is 10.6 Å². The molecule has 1 atom stereocenters. The van der Waals surface area contributed by atoms with Gasteiger partial charge >= 0.3 is 0 Å². The first-order valence-corrected chi connectivity index (χ1v) is 11.9. The van der Waals surface area contributed by atoms with E-state index in [1.807, 2.05) is 45.0 Å². The standard InChI is InChI=1S/C27H34N2O4/c1-18(2)24(29-25(30)21-9-5-4-8-19(21)3)26(31)28-17-27(12-6-7-13-27)20-10-11-22-23(16-20)33-15-14-32-22/h4-5,8-11,16,18,24H,6-7,12-15,17H2,1-3H3,(H,28,31)(H,29,30). The van der Waals surface area contributed by atoms with Gasteiger partial charge in [-0.15, -0.1) is 0 Å². The van der Waals surface area contributed by atoms with Crippen molar-refractivity contribution < 1.29 is 19.1 Å². The van der Waals surface area contributed by atoms with Crippen LogP contribution >= 0.6 is 0 Å². The number of hydrogen-bond donors (Lipinski definition) is 2. The summed E-state index contributed by atoms with van der Waals surface area (Å²) < 4.78 is 11.5. The summed E-state index contributed by atoms with van der Waals surface area (Å²) in [6.45, 7) is 7.46. The molecule has 0 bridgehead atoms. The zero-order valence-electron chi connectivity index (χ0n) is 19.8. The molecule has 0 saturated heterocycles. The first-order chi connectivity index (χ1) is 15.9. The summed E-state index contributed by atoms with van der Waals surface area (Å²) in [6.07, 6.45) is 4.27. The van der Waals surface area contributed by atoms with Crippen molar-refractivity contribution in [1.29, 1.82) is 0 Å². The SMILES string of the molecule is Cc1ccccc1C(=O)NC(C(=O)NCC1(c2ccc3c(c2)OCCO3)CCCC1)C(C)C. The van der Waals surface area contributed by atoms with Gasteiger partial charge in [0.1, 0.15) is 19.3 Å². The third-order valence-corrected chi connectivity index (χ3v) is 6.94. The molecule has 0 aromatic heterocycles. The smallest absolute Gasteiger partial charge is 0.252 e. The average molecular weight is 451 g/mol. The molecule has 6 heteroatoms. The molecule has 2 aliphatic rings. The Morgan fingerprint density at radius 2 is 1.70 bits per heavy atom. The number of carbonyl (C=O) groups is 2. The second-order valence-corrected chi connectivity index (χ2v) is 9.57. The molecule has 1 fully saturated rings. The van der Waals surface area contributed by atoms with E-state index >= 15 is 0 Å². The molecular weight excluding hydrogens is 416 g/mol. The molecule has 6 nitrogen and oxygen atoms in total. The lowest BCUT2D eigenvalue weighted by Gasteiger charge is -2.32. The third-order valence-electron chi connectivity index (χ3n) is 6.94. The van der Waals surface area contributed by atoms with Gasteiger partial charge in [0.05, 0.1) is 0 Å². The molecule has 1 unspecified atom stereocenters. The summed E-state index contributed by atoms with van der Waals surface area (Å²) in [5, 5.41) is 6.13. The van der Waals surface area contributed by atoms with E-state index in [0.29, 0.717) is 25.3 Å². The van der Waals surface area contributed by atoms with E-state index in [4.69, 9.17) is 9.47 Å². The van der Waals surface area contributed by atoms with Crippen molar-refractivity contribution in [3.05, 3.63) is 59.2 Å². The highest BCUT2D eigenvalue weighted by molar-refractivity contribution is 5.98. The number of aryl methyl sites for hydroxylation is 1. The van der Waals surface area contributed by atoms with Crippen molar-refractivity contribution >= 4 is 11.8 Å². The Labute approximate surface area is 196 Å². The Balaban J connectivity index is 1.47. The topological polar surface area (TPSA) is 76.7 Å². The van der Waals surface area contributed by atoms with Crippen LogP contribution in [-0.4, -0.2) is 37.6 Å². The first-order valence-electron chi connectivity index (χ1n) is 11.9. The lowest BCUT2D eigenvalue weighted by Crippen LogP contribution is -2.52. The molecular formula is C27H34N2O4. The van der Waals surface area contributed by atoms with Crippen LogP contribution < -0.4 is 20.1 Å². The number of ether oxygens (including phenoxy) is 2. The van der Waals surface area contributed by atoms with E-state index in [1.165, 1.54) is 5.56 Å². The molecule has 2 aromatic rings. The summed E-state index contributed by atoms with van der Waals surface area (Å²) in [4.78, 5) is 26.1. The lowest BCUT2D eigenvalue weighted by atomic mass is 9.78. The van der Waals surface area contributed by atoms with Gasteiger partial charge in [0.2, 0.25) is 5.91 Å². The Kier molecular flexibility index (Phi) is 6.91. The van der Waals surface area contributed by atoms with Crippen molar-refractivity contribution in [2.45, 2.75) is 57.9 Å². The van der Waals surface area contributed by atoms with Gasteiger partial charge in [0.25, 0.3) is 5.91 Å². The normalized spacial score (nSPS) is 17.5. The quantitative estimate of drug-likeness (QED) is 0.665. The second kappa shape index (κ2) is 9.86. The number of benzene rings is 2. The molecule has 1 heterocycles. The van der Waals surface area contributed by atoms with E-state index < -0.39 is 6.04 Å². The molecule has 33 heavy (non-hydrogen) atoms. The van der Waals surface area contributed by atoms with Crippen molar-refractivity contribution in [2.24, 2.45) is 5.92 Å². The first kappa shape index (κ1) is 23.1. The van der Waals surface area contributed by atoms with Crippen LogP contribution in [0.5, 0.6) is 11.5 Å². The highest BCUT2D eigenvalue weighted by Gasteiger charge is 2.37. The van der Waals surface area contributed by atoms with Crippen LogP contribution in [0.3, 0.4) is 0 Å². The number of rotatable bonds is 7. The molecule has 2 N–H and O–H groups in total. The Bertz CT molecular complexity index is 1010. The van der Waals surface area contributed by atoms with Crippen LogP contribution in [0.15, 0.2) is 42.5 Å². The predicted molar refractivity (Wildman–Crippen MR) is 128 cm³/mol. The van der Waals surface area contributed by atoms with Gasteiger partial charge in [-0.25, -0.2) is 0 Å². The summed E-state index contributed by atoms with van der Waals surface area (Å²) in [5.41, 5.74) is 2.53. The van der Waals surface area contributed by atoms with Crippen molar-refractivity contribution in [3.8, 4) is 11.5 Å². The molecule has 2 amide bonds. The fourth-order valence-corrected chi connectivity index (χ4v) is 4.94. The van der Waals surface area contributed by atoms with Gasteiger partial charge in [-0.2, -0.15) is 0 Å². The van der Waals surface area contributed by atoms with Crippen LogP contribution in [-0.2, 0) is 10.2 Å². The van der Waals surface area contributed by atoms with E-state index in [-0.39, 0.29) is 23.1 Å². The molecule has 4 rings (SSSR count). The molecule has 0 spiro atoms. The van der Waals surface area contributed by atoms with Crippen LogP contribution in [0.1, 0.15) is 61.0 Å². The zero-order chi connectivity index (χ0) is 23.4. The van der Waals surface area contributed by atoms with E-state index in [2.05, 4.69) is 22.8 Å². The van der Waals surface area contributed by atoms with Gasteiger partial charge in [0.15, 0.2) is 11.5 Å². The maximum absolute atomic E-state index is 13.2. The Hall–Kier alpha value is -3.02. The zero-order valence-corrected chi connectivity index (χ0v) is 19.8. The molecule has 1 aliphatic heterocycles. The largest absolute Gasteiger partial charge is 0.486 e. The van der Waals surface area contributed by atoms with Crippen molar-refractivity contribution in [2.75, 3.05) is 19.8 Å². The fourth-order valence-electron chi connectivity index (χ4n) is 4.94. The number of carbonyl (C=O) groups excluding carboxylic acids is 2. The van der Waals surface area contributed by atoms with Crippen LogP contribution in [0.4, 0.5) is 0 Å². The predicted octanol–water partition coefficient (Wildman–Crippen LogP) is 4.15. The number of amides is 2. The van der Waals surface area contributed by atoms with E-state index in [0.717, 1.165) is 42.7 Å². The van der Waals surface area contributed by atoms with Crippen LogP contribution in [0, 0.1) is 12.8 Å². The molecule has 176 valence electrons. The van der Waals surface area contributed by atoms with Crippen LogP contribution in [0.2, 0.25) is 0 Å². The molecule has 0 radical (unpaired) electrons. The molecule has 1 aliphatic carbocycles. The van der Waals surface area contributed by atoms with E-state index in [9.17, 15) is 9.59 Å². The minimum absolute atomic E-state index is 0.0354. The maximum atomic E-state index is 13.2. The Morgan fingerprint density at radius 3 is 2.39 bits per heavy atom. The van der Waals surface area contributed by atoms with E-state index in [1.54, 1.807) is 6.07 Å². The minimum atomic E-state index is -0.601. The van der Waals surface area contributed by atoms with Gasteiger partial charge in [-0.05, 0) is 55.0 Å². The summed E-state index contributed by atoms with van der Waals surface area (Å²) >= 11 is 0. The lowest BCUT2D eigenvalue weighted by molar-refractivity contribution is -0.124. The summed E-state index contributed by atoms with van der Waals surface area (Å²) in [6, 6.07) is 13.0. The summed E-state index contributed by atoms with van der Waals surface area (Å²) in [5.74, 6) is 1.16. The highest BCUT2D eigenvalue weighted by atomic mass is 16.6. The second-order valence-electron chi connectivity index (χ2n) is 9.57. The number of fused-ring (bicyclic) bond motifs is 1. The van der Waals surface area contributed by atoms with Gasteiger partial charge in [-0.3, -0.25) is 9.59 Å². The minimum Gasteiger partial charge on any atom is -0.486 e. The molecule has 2 aromatic carbocycles. The van der Waals surface area contributed by atoms with Gasteiger partial charge in [-0.1, -0.05) is 51.0 Å². The number of hydrogen-bond acceptors (Lipinski definition) is 4. The van der Waals surface area contributed by atoms with Gasteiger partial charge in [0, 0.05) is 17.5 Å².